The molecule has 56 heavy (non-hydrogen) atoms. The smallest absolute Gasteiger partial charge is 0.247 e. The predicted molar refractivity (Wildman–Crippen MR) is 201 cm³/mol. The number of hydrogen-bond donors (Lipinski definition) is 7. The summed E-state index contributed by atoms with van der Waals surface area (Å²) >= 11 is 0. The number of nitrogens with one attached hydrogen (secondary N) is 2. The van der Waals surface area contributed by atoms with Gasteiger partial charge in [-0.05, 0) is 50.4 Å². The van der Waals surface area contributed by atoms with Gasteiger partial charge >= 0.3 is 0 Å². The summed E-state index contributed by atoms with van der Waals surface area (Å²) in [6.45, 7) is 7.99. The van der Waals surface area contributed by atoms with E-state index >= 15 is 0 Å². The molecule has 6 atom stereocenters. The predicted octanol–water partition coefficient (Wildman–Crippen LogP) is -1.12. The molecule has 0 radical (unpaired) electrons. The van der Waals surface area contributed by atoms with Gasteiger partial charge in [0.25, 0.3) is 0 Å². The van der Waals surface area contributed by atoms with Crippen molar-refractivity contribution in [2.75, 3.05) is 125 Å². The lowest BCUT2D eigenvalue weighted by Crippen LogP contribution is -2.60. The number of carbonyl (C=O) groups is 2. The molecule has 8 N–H and O–H groups in total. The van der Waals surface area contributed by atoms with Gasteiger partial charge in [-0.1, -0.05) is 6.07 Å². The summed E-state index contributed by atoms with van der Waals surface area (Å²) in [4.78, 5) is 26.2. The van der Waals surface area contributed by atoms with Crippen molar-refractivity contribution in [2.24, 2.45) is 5.73 Å². The molecule has 2 amide bonds. The molecule has 0 bridgehead atoms. The number of rotatable bonds is 34. The molecule has 0 aromatic heterocycles. The quantitative estimate of drug-likeness (QED) is 0.0407. The average Bonchev–Trinajstić information content (AvgIpc) is 3.18. The monoisotopic (exact) mass is 807 g/mol. The second kappa shape index (κ2) is 31.4. The third-order valence-electron chi connectivity index (χ3n) is 8.22. The summed E-state index contributed by atoms with van der Waals surface area (Å²) in [6, 6.07) is 3.98. The molecule has 0 spiro atoms. The maximum absolute atomic E-state index is 13.5. The minimum absolute atomic E-state index is 0.0175. The van der Waals surface area contributed by atoms with E-state index in [1.54, 1.807) is 32.2 Å². The lowest BCUT2D eigenvalue weighted by molar-refractivity contribution is -0.277. The number of ether oxygens (including phenoxy) is 10. The van der Waals surface area contributed by atoms with Gasteiger partial charge in [0.15, 0.2) is 0 Å². The van der Waals surface area contributed by atoms with Crippen LogP contribution in [0.4, 0.5) is 5.69 Å². The molecule has 19 heteroatoms. The van der Waals surface area contributed by atoms with Gasteiger partial charge in [0.1, 0.15) is 36.2 Å². The van der Waals surface area contributed by atoms with Gasteiger partial charge in [0.2, 0.25) is 18.1 Å². The summed E-state index contributed by atoms with van der Waals surface area (Å²) in [6.07, 6.45) is -5.88. The van der Waals surface area contributed by atoms with E-state index in [4.69, 9.17) is 53.1 Å². The first-order valence-electron chi connectivity index (χ1n) is 19.1. The fourth-order valence-electron chi connectivity index (χ4n) is 5.11. The van der Waals surface area contributed by atoms with Crippen molar-refractivity contribution in [1.82, 2.24) is 5.32 Å². The summed E-state index contributed by atoms with van der Waals surface area (Å²) in [5, 5.41) is 45.7. The maximum atomic E-state index is 13.5. The number of amides is 2. The second-order valence-corrected chi connectivity index (χ2v) is 12.7. The third kappa shape index (κ3) is 21.2. The Labute approximate surface area is 329 Å². The van der Waals surface area contributed by atoms with Crippen LogP contribution in [-0.2, 0) is 52.2 Å². The molecule has 1 heterocycles. The minimum atomic E-state index is -1.64. The lowest BCUT2D eigenvalue weighted by atomic mass is 9.99. The third-order valence-corrected chi connectivity index (χ3v) is 8.22. The van der Waals surface area contributed by atoms with E-state index in [1.165, 1.54) is 0 Å². The van der Waals surface area contributed by atoms with Crippen molar-refractivity contribution >= 4 is 17.5 Å². The van der Waals surface area contributed by atoms with E-state index in [2.05, 4.69) is 10.6 Å². The lowest BCUT2D eigenvalue weighted by Gasteiger charge is -2.39. The molecule has 1 aromatic carbocycles. The number of nitrogens with two attached hydrogens (primary N) is 1. The van der Waals surface area contributed by atoms with Crippen LogP contribution < -0.4 is 21.1 Å². The fourth-order valence-corrected chi connectivity index (χ4v) is 5.11. The zero-order chi connectivity index (χ0) is 40.8. The Morgan fingerprint density at radius 1 is 0.750 bits per heavy atom. The Bertz CT molecular complexity index is 1170. The van der Waals surface area contributed by atoms with Crippen molar-refractivity contribution in [3.8, 4) is 5.75 Å². The van der Waals surface area contributed by atoms with Crippen LogP contribution in [0.5, 0.6) is 5.75 Å². The molecule has 1 aliphatic heterocycles. The normalized spacial score (nSPS) is 20.2. The minimum Gasteiger partial charge on any atom is -0.460 e. The molecule has 2 rings (SSSR count). The molecule has 1 aromatic rings. The van der Waals surface area contributed by atoms with E-state index in [0.717, 1.165) is 5.56 Å². The Hall–Kier alpha value is -2.60. The molecule has 1 saturated heterocycles. The molecular formula is C37H65N3O16. The number of anilines is 1. The summed E-state index contributed by atoms with van der Waals surface area (Å²) in [7, 11) is 1.63. The van der Waals surface area contributed by atoms with Crippen LogP contribution >= 0.6 is 0 Å². The maximum Gasteiger partial charge on any atom is 0.247 e. The van der Waals surface area contributed by atoms with Gasteiger partial charge in [-0.25, -0.2) is 0 Å². The molecule has 19 nitrogen and oxygen atoms in total. The van der Waals surface area contributed by atoms with Crippen molar-refractivity contribution < 1.29 is 77.4 Å². The van der Waals surface area contributed by atoms with Gasteiger partial charge in [0, 0.05) is 13.5 Å². The number of carbonyl (C=O) groups excluding carboxylic acids is 2. The first-order valence-corrected chi connectivity index (χ1v) is 19.1. The van der Waals surface area contributed by atoms with E-state index in [9.17, 15) is 30.0 Å². The number of methoxy groups -OCH3 is 1. The van der Waals surface area contributed by atoms with Crippen LogP contribution in [0.25, 0.3) is 0 Å². The number of benzene rings is 1. The molecule has 1 aliphatic rings. The summed E-state index contributed by atoms with van der Waals surface area (Å²) in [5.74, 6) is -0.790. The van der Waals surface area contributed by atoms with Gasteiger partial charge in [0.05, 0.1) is 111 Å². The standard InChI is InChI=1S/C37H65N3O16/c1-27-6-7-30(55-37-35(45)34(44)33(43)31(26-41)56-37)29(25-27)40-36(46)28(5-3-4-9-38)39-32(42)8-10-48-13-14-50-17-18-52-21-22-54-24-23-53-20-19-51-16-15-49-12-11-47-2/h6-7,25,28,31,33-35,37,41,43-45H,3-5,8-24,26,38H2,1-2H3,(H,39,42)(H,40,46)/t28-,31+,33+,34-,35+,37+/m0/s1. The number of aryl methyl sites for hydroxylation is 1. The molecule has 1 fully saturated rings. The summed E-state index contributed by atoms with van der Waals surface area (Å²) < 4.78 is 54.3. The van der Waals surface area contributed by atoms with Crippen LogP contribution in [0, 0.1) is 6.92 Å². The molecular weight excluding hydrogens is 742 g/mol. The SMILES string of the molecule is COCCOCCOCCOCCOCCOCCOCCOCCC(=O)N[C@@H](CCCCN)C(=O)Nc1cc(C)ccc1O[C@@H]1O[C@H](CO)[C@@H](O)[C@H](O)[C@H]1O. The first-order chi connectivity index (χ1) is 27.2. The highest BCUT2D eigenvalue weighted by atomic mass is 16.7. The van der Waals surface area contributed by atoms with Crippen molar-refractivity contribution in [3.05, 3.63) is 23.8 Å². The number of aliphatic hydroxyl groups is 4. The van der Waals surface area contributed by atoms with Crippen molar-refractivity contribution in [3.63, 3.8) is 0 Å². The van der Waals surface area contributed by atoms with Crippen LogP contribution in [0.1, 0.15) is 31.2 Å². The van der Waals surface area contributed by atoms with E-state index in [-0.39, 0.29) is 37.0 Å². The van der Waals surface area contributed by atoms with E-state index < -0.39 is 49.3 Å². The van der Waals surface area contributed by atoms with Gasteiger partial charge in [-0.15, -0.1) is 0 Å². The van der Waals surface area contributed by atoms with Crippen molar-refractivity contribution in [2.45, 2.75) is 69.4 Å². The highest BCUT2D eigenvalue weighted by molar-refractivity contribution is 5.98. The van der Waals surface area contributed by atoms with Crippen LogP contribution in [-0.4, -0.2) is 188 Å². The van der Waals surface area contributed by atoms with Crippen LogP contribution in [0.3, 0.4) is 0 Å². The summed E-state index contributed by atoms with van der Waals surface area (Å²) in [5.41, 5.74) is 6.65. The Morgan fingerprint density at radius 2 is 1.27 bits per heavy atom. The number of unbranched alkanes of at least 4 members (excludes halogenated alkanes) is 1. The Kier molecular flexibility index (Phi) is 27.8. The van der Waals surface area contributed by atoms with Gasteiger partial charge in [-0.2, -0.15) is 0 Å². The Morgan fingerprint density at radius 3 is 1.77 bits per heavy atom. The molecule has 0 saturated carbocycles. The molecule has 0 unspecified atom stereocenters. The highest BCUT2D eigenvalue weighted by Crippen LogP contribution is 2.30. The topological polar surface area (TPSA) is 257 Å². The second-order valence-electron chi connectivity index (χ2n) is 12.7. The van der Waals surface area contributed by atoms with Crippen molar-refractivity contribution in [1.29, 1.82) is 0 Å². The van der Waals surface area contributed by atoms with Gasteiger partial charge < -0.3 is 84.2 Å². The average molecular weight is 808 g/mol. The Balaban J connectivity index is 1.60. The highest BCUT2D eigenvalue weighted by Gasteiger charge is 2.45. The van der Waals surface area contributed by atoms with Crippen LogP contribution in [0.15, 0.2) is 18.2 Å². The first kappa shape index (κ1) is 49.5. The van der Waals surface area contributed by atoms with Crippen LogP contribution in [0.2, 0.25) is 0 Å². The van der Waals surface area contributed by atoms with E-state index in [1.807, 2.05) is 0 Å². The molecule has 324 valence electrons. The molecule has 0 aliphatic carbocycles. The van der Waals surface area contributed by atoms with E-state index in [0.29, 0.717) is 112 Å². The van der Waals surface area contributed by atoms with Gasteiger partial charge in [-0.3, -0.25) is 9.59 Å². The number of hydrogen-bond acceptors (Lipinski definition) is 17. The fraction of sp³-hybridized carbons (Fsp3) is 0.784. The zero-order valence-electron chi connectivity index (χ0n) is 32.8. The zero-order valence-corrected chi connectivity index (χ0v) is 32.8. The number of aliphatic hydroxyl groups excluding tert-OH is 4. The largest absolute Gasteiger partial charge is 0.460 e.